The summed E-state index contributed by atoms with van der Waals surface area (Å²) >= 11 is 0. The molecule has 0 saturated carbocycles. The van der Waals surface area contributed by atoms with Crippen molar-refractivity contribution in [2.24, 2.45) is 0 Å². The first-order chi connectivity index (χ1) is 12.3. The van der Waals surface area contributed by atoms with Crippen molar-refractivity contribution >= 4 is 15.7 Å². The monoisotopic (exact) mass is 371 g/mol. The van der Waals surface area contributed by atoms with Gasteiger partial charge in [-0.1, -0.05) is 29.4 Å². The molecular weight excluding hydrogens is 350 g/mol. The molecule has 0 radical (unpaired) electrons. The number of sulfonamides is 1. The molecule has 0 aliphatic carbocycles. The Kier molecular flexibility index (Phi) is 4.84. The van der Waals surface area contributed by atoms with Crippen molar-refractivity contribution in [1.82, 2.24) is 9.88 Å². The second-order valence-corrected chi connectivity index (χ2v) is 8.02. The maximum absolute atomic E-state index is 11.9. The number of anilines is 1. The summed E-state index contributed by atoms with van der Waals surface area (Å²) in [6.07, 6.45) is 0. The summed E-state index contributed by atoms with van der Waals surface area (Å²) in [5.41, 5.74) is 4.48. The molecule has 1 heterocycles. The molecule has 0 atom stereocenters. The van der Waals surface area contributed by atoms with E-state index in [2.05, 4.69) is 9.88 Å². The van der Waals surface area contributed by atoms with E-state index in [4.69, 9.17) is 4.52 Å². The molecule has 6 nitrogen and oxygen atoms in total. The molecule has 1 aromatic heterocycles. The van der Waals surface area contributed by atoms with Gasteiger partial charge in [0, 0.05) is 25.3 Å². The van der Waals surface area contributed by atoms with Crippen LogP contribution in [0, 0.1) is 6.92 Å². The first kappa shape index (κ1) is 18.2. The fourth-order valence-corrected chi connectivity index (χ4v) is 3.48. The van der Waals surface area contributed by atoms with E-state index < -0.39 is 10.0 Å². The second kappa shape index (κ2) is 6.93. The van der Waals surface area contributed by atoms with Gasteiger partial charge in [-0.25, -0.2) is 13.1 Å². The molecule has 0 saturated heterocycles. The van der Waals surface area contributed by atoms with Crippen LogP contribution in [-0.2, 0) is 10.0 Å². The van der Waals surface area contributed by atoms with Crippen LogP contribution in [0.5, 0.6) is 0 Å². The van der Waals surface area contributed by atoms with Crippen molar-refractivity contribution < 1.29 is 12.9 Å². The third-order valence-corrected chi connectivity index (χ3v) is 5.67. The standard InChI is InChI=1S/C19H21N3O3S/c1-13-18(14-7-11-17(12-8-14)26(23,24)20-2)19(21-25-13)15-5-9-16(10-6-15)22(3)4/h5-12,20H,1-4H3. The minimum atomic E-state index is -3.46. The summed E-state index contributed by atoms with van der Waals surface area (Å²) in [4.78, 5) is 2.24. The van der Waals surface area contributed by atoms with Gasteiger partial charge in [0.05, 0.1) is 10.5 Å². The highest BCUT2D eigenvalue weighted by atomic mass is 32.2. The van der Waals surface area contributed by atoms with Crippen molar-refractivity contribution in [3.63, 3.8) is 0 Å². The Morgan fingerprint density at radius 2 is 1.54 bits per heavy atom. The highest BCUT2D eigenvalue weighted by molar-refractivity contribution is 7.89. The molecular formula is C19H21N3O3S. The Balaban J connectivity index is 2.03. The Morgan fingerprint density at radius 3 is 2.08 bits per heavy atom. The van der Waals surface area contributed by atoms with Crippen LogP contribution in [-0.4, -0.2) is 34.7 Å². The smallest absolute Gasteiger partial charge is 0.240 e. The van der Waals surface area contributed by atoms with Crippen LogP contribution < -0.4 is 9.62 Å². The zero-order valence-corrected chi connectivity index (χ0v) is 16.0. The number of benzene rings is 2. The zero-order valence-electron chi connectivity index (χ0n) is 15.1. The number of nitrogens with one attached hydrogen (secondary N) is 1. The molecule has 1 N–H and O–H groups in total. The summed E-state index contributed by atoms with van der Waals surface area (Å²) in [5.74, 6) is 0.681. The van der Waals surface area contributed by atoms with Crippen molar-refractivity contribution in [3.05, 3.63) is 54.3 Å². The highest BCUT2D eigenvalue weighted by Crippen LogP contribution is 2.35. The van der Waals surface area contributed by atoms with Gasteiger partial charge >= 0.3 is 0 Å². The van der Waals surface area contributed by atoms with Crippen LogP contribution in [0.3, 0.4) is 0 Å². The van der Waals surface area contributed by atoms with Crippen molar-refractivity contribution in [2.45, 2.75) is 11.8 Å². The number of aromatic nitrogens is 1. The lowest BCUT2D eigenvalue weighted by atomic mass is 9.99. The van der Waals surface area contributed by atoms with Gasteiger partial charge in [0.1, 0.15) is 11.5 Å². The highest BCUT2D eigenvalue weighted by Gasteiger charge is 2.18. The summed E-state index contributed by atoms with van der Waals surface area (Å²) in [5, 5.41) is 4.21. The SMILES string of the molecule is CNS(=O)(=O)c1ccc(-c2c(-c3ccc(N(C)C)cc3)noc2C)cc1. The number of nitrogens with zero attached hydrogens (tertiary/aromatic N) is 2. The van der Waals surface area contributed by atoms with E-state index in [1.807, 2.05) is 50.2 Å². The third kappa shape index (κ3) is 3.36. The number of rotatable bonds is 5. The molecule has 0 aliphatic heterocycles. The Hall–Kier alpha value is -2.64. The topological polar surface area (TPSA) is 75.4 Å². The van der Waals surface area contributed by atoms with Crippen LogP contribution >= 0.6 is 0 Å². The van der Waals surface area contributed by atoms with Crippen molar-refractivity contribution in [3.8, 4) is 22.4 Å². The van der Waals surface area contributed by atoms with Gasteiger partial charge in [0.2, 0.25) is 10.0 Å². The molecule has 3 rings (SSSR count). The molecule has 0 fully saturated rings. The van der Waals surface area contributed by atoms with Crippen LogP contribution in [0.1, 0.15) is 5.76 Å². The molecule has 26 heavy (non-hydrogen) atoms. The number of aryl methyl sites for hydroxylation is 1. The normalized spacial score (nSPS) is 11.5. The molecule has 0 bridgehead atoms. The van der Waals surface area contributed by atoms with Gasteiger partial charge in [-0.05, 0) is 43.8 Å². The van der Waals surface area contributed by atoms with Crippen LogP contribution in [0.25, 0.3) is 22.4 Å². The van der Waals surface area contributed by atoms with Gasteiger partial charge in [-0.3, -0.25) is 0 Å². The average Bonchev–Trinajstić information content (AvgIpc) is 3.03. The van der Waals surface area contributed by atoms with Crippen molar-refractivity contribution in [2.75, 3.05) is 26.0 Å². The maximum atomic E-state index is 11.9. The number of hydrogen-bond donors (Lipinski definition) is 1. The Morgan fingerprint density at radius 1 is 0.962 bits per heavy atom. The summed E-state index contributed by atoms with van der Waals surface area (Å²) in [6, 6.07) is 14.7. The molecule has 0 amide bonds. The summed E-state index contributed by atoms with van der Waals surface area (Å²) in [7, 11) is 1.90. The van der Waals surface area contributed by atoms with E-state index in [0.29, 0.717) is 5.76 Å². The molecule has 0 aliphatic rings. The molecule has 2 aromatic carbocycles. The maximum Gasteiger partial charge on any atom is 0.240 e. The van der Waals surface area contributed by atoms with E-state index in [1.165, 1.54) is 7.05 Å². The van der Waals surface area contributed by atoms with E-state index in [0.717, 1.165) is 28.1 Å². The third-order valence-electron chi connectivity index (χ3n) is 4.24. The van der Waals surface area contributed by atoms with Crippen LogP contribution in [0.15, 0.2) is 57.9 Å². The lowest BCUT2D eigenvalue weighted by molar-refractivity contribution is 0.400. The predicted molar refractivity (Wildman–Crippen MR) is 103 cm³/mol. The van der Waals surface area contributed by atoms with E-state index >= 15 is 0 Å². The molecule has 0 spiro atoms. The Labute approximate surface area is 153 Å². The lowest BCUT2D eigenvalue weighted by Gasteiger charge is -2.12. The first-order valence-electron chi connectivity index (χ1n) is 8.11. The zero-order chi connectivity index (χ0) is 18.9. The van der Waals surface area contributed by atoms with Crippen LogP contribution in [0.4, 0.5) is 5.69 Å². The molecule has 0 unspecified atom stereocenters. The minimum Gasteiger partial charge on any atom is -0.378 e. The number of hydrogen-bond acceptors (Lipinski definition) is 5. The van der Waals surface area contributed by atoms with E-state index in [9.17, 15) is 8.42 Å². The summed E-state index contributed by atoms with van der Waals surface area (Å²) < 4.78 is 31.5. The average molecular weight is 371 g/mol. The fourth-order valence-electron chi connectivity index (χ4n) is 2.75. The van der Waals surface area contributed by atoms with Crippen molar-refractivity contribution in [1.29, 1.82) is 0 Å². The lowest BCUT2D eigenvalue weighted by Crippen LogP contribution is -2.18. The first-order valence-corrected chi connectivity index (χ1v) is 9.60. The molecule has 7 heteroatoms. The molecule has 136 valence electrons. The fraction of sp³-hybridized carbons (Fsp3) is 0.211. The van der Waals surface area contributed by atoms with Gasteiger partial charge in [0.25, 0.3) is 0 Å². The Bertz CT molecular complexity index is 1010. The van der Waals surface area contributed by atoms with Gasteiger partial charge < -0.3 is 9.42 Å². The van der Waals surface area contributed by atoms with E-state index in [-0.39, 0.29) is 4.90 Å². The minimum absolute atomic E-state index is 0.217. The quantitative estimate of drug-likeness (QED) is 0.745. The molecule has 3 aromatic rings. The van der Waals surface area contributed by atoms with Gasteiger partial charge in [-0.2, -0.15) is 0 Å². The second-order valence-electron chi connectivity index (χ2n) is 6.14. The van der Waals surface area contributed by atoms with Gasteiger partial charge in [0.15, 0.2) is 0 Å². The summed E-state index contributed by atoms with van der Waals surface area (Å²) in [6.45, 7) is 1.85. The van der Waals surface area contributed by atoms with Gasteiger partial charge in [-0.15, -0.1) is 0 Å². The predicted octanol–water partition coefficient (Wildman–Crippen LogP) is 3.29. The largest absolute Gasteiger partial charge is 0.378 e. The van der Waals surface area contributed by atoms with Crippen LogP contribution in [0.2, 0.25) is 0 Å². The van der Waals surface area contributed by atoms with E-state index in [1.54, 1.807) is 24.3 Å².